The highest BCUT2D eigenvalue weighted by atomic mass is 79.9. The summed E-state index contributed by atoms with van der Waals surface area (Å²) in [4.78, 5) is 23.6. The van der Waals surface area contributed by atoms with Crippen molar-refractivity contribution < 1.29 is 19.1 Å². The van der Waals surface area contributed by atoms with Crippen LogP contribution in [0.2, 0.25) is 0 Å². The fourth-order valence-corrected chi connectivity index (χ4v) is 2.80. The van der Waals surface area contributed by atoms with Crippen LogP contribution in [0.15, 0.2) is 52.6 Å². The number of nitrogens with one attached hydrogen (secondary N) is 2. The van der Waals surface area contributed by atoms with E-state index in [4.69, 9.17) is 4.74 Å². The molecule has 1 amide bonds. The zero-order valence-electron chi connectivity index (χ0n) is 13.6. The van der Waals surface area contributed by atoms with Crippen LogP contribution in [0.1, 0.15) is 12.5 Å². The highest BCUT2D eigenvalue weighted by molar-refractivity contribution is 9.10. The molecule has 0 saturated heterocycles. The maximum Gasteiger partial charge on any atom is 0.513 e. The lowest BCUT2D eigenvalue weighted by atomic mass is 10.0. The summed E-state index contributed by atoms with van der Waals surface area (Å²) in [6.07, 6.45) is -0.813. The molecule has 0 radical (unpaired) electrons. The highest BCUT2D eigenvalue weighted by Crippen LogP contribution is 2.36. The summed E-state index contributed by atoms with van der Waals surface area (Å²) < 4.78 is 10.5. The van der Waals surface area contributed by atoms with Crippen molar-refractivity contribution >= 4 is 44.9 Å². The van der Waals surface area contributed by atoms with Crippen molar-refractivity contribution in [2.45, 2.75) is 6.92 Å². The summed E-state index contributed by atoms with van der Waals surface area (Å²) in [5.41, 5.74) is 3.36. The van der Waals surface area contributed by atoms with Crippen molar-refractivity contribution in [1.29, 1.82) is 0 Å². The molecule has 0 saturated carbocycles. The first-order chi connectivity index (χ1) is 12.0. The van der Waals surface area contributed by atoms with Crippen LogP contribution in [-0.4, -0.2) is 19.2 Å². The van der Waals surface area contributed by atoms with Crippen LogP contribution in [0.4, 0.5) is 16.2 Å². The summed E-state index contributed by atoms with van der Waals surface area (Å²) in [6.45, 7) is 1.82. The molecule has 25 heavy (non-hydrogen) atoms. The van der Waals surface area contributed by atoms with E-state index >= 15 is 0 Å². The van der Waals surface area contributed by atoms with Gasteiger partial charge in [-0.2, -0.15) is 0 Å². The van der Waals surface area contributed by atoms with Crippen LogP contribution in [0.3, 0.4) is 0 Å². The van der Waals surface area contributed by atoms with Crippen molar-refractivity contribution in [3.8, 4) is 5.75 Å². The van der Waals surface area contributed by atoms with E-state index in [1.54, 1.807) is 18.2 Å². The molecule has 0 aromatic heterocycles. The van der Waals surface area contributed by atoms with E-state index < -0.39 is 6.16 Å². The van der Waals surface area contributed by atoms with Gasteiger partial charge < -0.3 is 20.1 Å². The Hall–Kier alpha value is -2.80. The van der Waals surface area contributed by atoms with Crippen LogP contribution < -0.4 is 15.4 Å². The molecule has 2 aromatic carbocycles. The number of methoxy groups -OCH3 is 1. The Labute approximate surface area is 153 Å². The largest absolute Gasteiger partial charge is 0.513 e. The fourth-order valence-electron chi connectivity index (χ4n) is 2.53. The lowest BCUT2D eigenvalue weighted by Gasteiger charge is -2.10. The number of allylic oxidation sites excluding steroid dienone is 1. The molecule has 0 bridgehead atoms. The van der Waals surface area contributed by atoms with Gasteiger partial charge in [-0.15, -0.1) is 0 Å². The van der Waals surface area contributed by atoms with Gasteiger partial charge in [0.05, 0.1) is 12.7 Å². The number of rotatable bonds is 3. The maximum absolute atomic E-state index is 12.4. The van der Waals surface area contributed by atoms with Gasteiger partial charge in [-0.25, -0.2) is 4.79 Å². The standard InChI is InChI=1S/C18H15BrN2O4/c1-10(20-12-5-3-11(19)4-6-12)16-14-9-13(25-18(23)24-2)7-8-15(14)21-17(16)22/h3-9,20H,1-2H3,(H,21,22)/b16-10-. The van der Waals surface area contributed by atoms with Crippen LogP contribution in [0, 0.1) is 0 Å². The van der Waals surface area contributed by atoms with E-state index in [9.17, 15) is 9.59 Å². The van der Waals surface area contributed by atoms with Crippen molar-refractivity contribution in [2.24, 2.45) is 0 Å². The number of amides is 1. The van der Waals surface area contributed by atoms with E-state index in [0.717, 1.165) is 10.2 Å². The molecule has 128 valence electrons. The number of fused-ring (bicyclic) bond motifs is 1. The average Bonchev–Trinajstić information content (AvgIpc) is 2.92. The third-order valence-corrected chi connectivity index (χ3v) is 4.18. The molecule has 1 aliphatic rings. The van der Waals surface area contributed by atoms with E-state index in [-0.39, 0.29) is 5.91 Å². The molecule has 3 rings (SSSR count). The van der Waals surface area contributed by atoms with Crippen molar-refractivity contribution in [1.82, 2.24) is 0 Å². The number of halogens is 1. The molecule has 6 nitrogen and oxygen atoms in total. The maximum atomic E-state index is 12.4. The van der Waals surface area contributed by atoms with Gasteiger partial charge in [-0.05, 0) is 49.4 Å². The number of carbonyl (C=O) groups is 2. The predicted octanol–water partition coefficient (Wildman–Crippen LogP) is 4.39. The third-order valence-electron chi connectivity index (χ3n) is 3.65. The molecule has 0 unspecified atom stereocenters. The minimum absolute atomic E-state index is 0.215. The molecule has 1 heterocycles. The molecule has 2 aromatic rings. The SMILES string of the molecule is COC(=O)Oc1ccc2c(c1)/C(=C(\C)Nc1ccc(Br)cc1)C(=O)N2. The highest BCUT2D eigenvalue weighted by Gasteiger charge is 2.27. The lowest BCUT2D eigenvalue weighted by Crippen LogP contribution is -2.09. The zero-order valence-corrected chi connectivity index (χ0v) is 15.1. The normalized spacial score (nSPS) is 14.4. The molecular weight excluding hydrogens is 388 g/mol. The van der Waals surface area contributed by atoms with E-state index in [0.29, 0.717) is 28.3 Å². The molecule has 1 aliphatic heterocycles. The summed E-state index contributed by atoms with van der Waals surface area (Å²) in [6, 6.07) is 12.5. The van der Waals surface area contributed by atoms with Crippen LogP contribution in [0.5, 0.6) is 5.75 Å². The molecule has 0 fully saturated rings. The van der Waals surface area contributed by atoms with Gasteiger partial charge in [0.2, 0.25) is 0 Å². The Morgan fingerprint density at radius 3 is 2.56 bits per heavy atom. The van der Waals surface area contributed by atoms with E-state index in [2.05, 4.69) is 31.3 Å². The quantitative estimate of drug-likeness (QED) is 0.452. The van der Waals surface area contributed by atoms with Crippen molar-refractivity contribution in [3.05, 3.63) is 58.2 Å². The number of ether oxygens (including phenoxy) is 2. The smallest absolute Gasteiger partial charge is 0.437 e. The zero-order chi connectivity index (χ0) is 18.0. The summed E-state index contributed by atoms with van der Waals surface area (Å²) in [5.74, 6) is 0.0865. The van der Waals surface area contributed by atoms with E-state index in [1.165, 1.54) is 7.11 Å². The number of hydrogen-bond donors (Lipinski definition) is 2. The van der Waals surface area contributed by atoms with Gasteiger partial charge in [-0.1, -0.05) is 15.9 Å². The van der Waals surface area contributed by atoms with Gasteiger partial charge in [0.25, 0.3) is 5.91 Å². The Kier molecular flexibility index (Phi) is 4.76. The topological polar surface area (TPSA) is 76.7 Å². The van der Waals surface area contributed by atoms with Gasteiger partial charge in [0.15, 0.2) is 0 Å². The molecule has 0 spiro atoms. The Morgan fingerprint density at radius 1 is 1.16 bits per heavy atom. The van der Waals surface area contributed by atoms with Gasteiger partial charge in [0.1, 0.15) is 5.75 Å². The summed E-state index contributed by atoms with van der Waals surface area (Å²) >= 11 is 3.39. The number of carbonyl (C=O) groups excluding carboxylic acids is 2. The fraction of sp³-hybridized carbons (Fsp3) is 0.111. The molecule has 0 atom stereocenters. The minimum atomic E-state index is -0.813. The van der Waals surface area contributed by atoms with Crippen LogP contribution in [-0.2, 0) is 9.53 Å². The van der Waals surface area contributed by atoms with Crippen molar-refractivity contribution in [2.75, 3.05) is 17.7 Å². The van der Waals surface area contributed by atoms with Gasteiger partial charge in [-0.3, -0.25) is 4.79 Å². The Morgan fingerprint density at radius 2 is 1.88 bits per heavy atom. The number of anilines is 2. The number of benzene rings is 2. The summed E-state index contributed by atoms with van der Waals surface area (Å²) in [7, 11) is 1.23. The summed E-state index contributed by atoms with van der Waals surface area (Å²) in [5, 5.41) is 6.02. The first-order valence-corrected chi connectivity index (χ1v) is 8.22. The Balaban J connectivity index is 1.94. The first kappa shape index (κ1) is 17.0. The van der Waals surface area contributed by atoms with Crippen LogP contribution >= 0.6 is 15.9 Å². The minimum Gasteiger partial charge on any atom is -0.437 e. The monoisotopic (exact) mass is 402 g/mol. The third kappa shape index (κ3) is 3.66. The van der Waals surface area contributed by atoms with Gasteiger partial charge >= 0.3 is 6.16 Å². The van der Waals surface area contributed by atoms with Gasteiger partial charge in [0, 0.05) is 27.1 Å². The van der Waals surface area contributed by atoms with Crippen LogP contribution in [0.25, 0.3) is 5.57 Å². The molecule has 7 heteroatoms. The molecular formula is C18H15BrN2O4. The second-order valence-corrected chi connectivity index (χ2v) is 6.27. The Bertz CT molecular complexity index is 875. The second kappa shape index (κ2) is 6.98. The first-order valence-electron chi connectivity index (χ1n) is 7.43. The number of hydrogen-bond acceptors (Lipinski definition) is 5. The average molecular weight is 403 g/mol. The second-order valence-electron chi connectivity index (χ2n) is 5.35. The lowest BCUT2D eigenvalue weighted by molar-refractivity contribution is -0.110. The molecule has 2 N–H and O–H groups in total. The van der Waals surface area contributed by atoms with Crippen molar-refractivity contribution in [3.63, 3.8) is 0 Å². The predicted molar refractivity (Wildman–Crippen MR) is 98.5 cm³/mol. The van der Waals surface area contributed by atoms with E-state index in [1.807, 2.05) is 31.2 Å². The molecule has 0 aliphatic carbocycles.